The summed E-state index contributed by atoms with van der Waals surface area (Å²) in [6, 6.07) is 0. The summed E-state index contributed by atoms with van der Waals surface area (Å²) in [5, 5.41) is 10.2. The lowest BCUT2D eigenvalue weighted by Crippen LogP contribution is -2.37. The average molecular weight is 172 g/mol. The Balaban J connectivity index is 2.51. The molecular formula is C10H20O2. The Morgan fingerprint density at radius 3 is 2.67 bits per heavy atom. The van der Waals surface area contributed by atoms with Gasteiger partial charge in [-0.2, -0.15) is 0 Å². The van der Waals surface area contributed by atoms with Crippen LogP contribution in [0.5, 0.6) is 0 Å². The minimum atomic E-state index is -0.453. The Labute approximate surface area is 74.9 Å². The van der Waals surface area contributed by atoms with Crippen molar-refractivity contribution in [2.45, 2.75) is 45.1 Å². The van der Waals surface area contributed by atoms with Crippen LogP contribution in [0.25, 0.3) is 0 Å². The Kier molecular flexibility index (Phi) is 3.53. The zero-order chi connectivity index (χ0) is 9.03. The predicted octanol–water partition coefficient (Wildman–Crippen LogP) is 1.96. The van der Waals surface area contributed by atoms with Gasteiger partial charge in [-0.05, 0) is 19.3 Å². The third-order valence-corrected chi connectivity index (χ3v) is 2.98. The van der Waals surface area contributed by atoms with Gasteiger partial charge in [-0.1, -0.05) is 20.3 Å². The van der Waals surface area contributed by atoms with Gasteiger partial charge >= 0.3 is 0 Å². The van der Waals surface area contributed by atoms with Crippen molar-refractivity contribution in [2.75, 3.05) is 13.2 Å². The fourth-order valence-electron chi connectivity index (χ4n) is 2.06. The normalized spacial score (nSPS) is 28.8. The molecule has 0 saturated carbocycles. The van der Waals surface area contributed by atoms with Gasteiger partial charge in [-0.3, -0.25) is 0 Å². The van der Waals surface area contributed by atoms with Gasteiger partial charge in [0.2, 0.25) is 0 Å². The second kappa shape index (κ2) is 4.24. The highest BCUT2D eigenvalue weighted by atomic mass is 16.5. The summed E-state index contributed by atoms with van der Waals surface area (Å²) in [4.78, 5) is 0. The molecule has 0 radical (unpaired) electrons. The van der Waals surface area contributed by atoms with Crippen molar-refractivity contribution in [3.05, 3.63) is 0 Å². The summed E-state index contributed by atoms with van der Waals surface area (Å²) in [5.41, 5.74) is -0.453. The summed E-state index contributed by atoms with van der Waals surface area (Å²) < 4.78 is 5.29. The molecular weight excluding hydrogens is 152 g/mol. The van der Waals surface area contributed by atoms with Crippen LogP contribution in [0.1, 0.15) is 39.5 Å². The van der Waals surface area contributed by atoms with Crippen molar-refractivity contribution in [1.29, 1.82) is 0 Å². The van der Waals surface area contributed by atoms with Crippen LogP contribution in [-0.2, 0) is 4.74 Å². The van der Waals surface area contributed by atoms with Crippen molar-refractivity contribution in [3.63, 3.8) is 0 Å². The number of aliphatic hydroxyl groups is 1. The molecule has 1 heterocycles. The zero-order valence-electron chi connectivity index (χ0n) is 8.18. The quantitative estimate of drug-likeness (QED) is 0.702. The van der Waals surface area contributed by atoms with Gasteiger partial charge in [-0.25, -0.2) is 0 Å². The molecule has 72 valence electrons. The van der Waals surface area contributed by atoms with E-state index in [1.54, 1.807) is 0 Å². The molecule has 12 heavy (non-hydrogen) atoms. The smallest absolute Gasteiger partial charge is 0.0695 e. The van der Waals surface area contributed by atoms with Crippen LogP contribution in [0, 0.1) is 5.92 Å². The number of rotatable bonds is 4. The van der Waals surface area contributed by atoms with E-state index in [1.165, 1.54) is 0 Å². The van der Waals surface area contributed by atoms with Gasteiger partial charge in [0, 0.05) is 12.5 Å². The summed E-state index contributed by atoms with van der Waals surface area (Å²) >= 11 is 0. The first-order valence-electron chi connectivity index (χ1n) is 5.03. The molecule has 0 amide bonds. The van der Waals surface area contributed by atoms with Crippen LogP contribution in [0.15, 0.2) is 0 Å². The highest BCUT2D eigenvalue weighted by molar-refractivity contribution is 4.86. The molecule has 0 spiro atoms. The molecule has 2 nitrogen and oxygen atoms in total. The highest BCUT2D eigenvalue weighted by Gasteiger charge is 2.36. The van der Waals surface area contributed by atoms with E-state index in [4.69, 9.17) is 4.74 Å². The molecule has 2 unspecified atom stereocenters. The molecule has 2 heteroatoms. The lowest BCUT2D eigenvalue weighted by molar-refractivity contribution is -0.0328. The molecule has 1 rings (SSSR count). The van der Waals surface area contributed by atoms with E-state index >= 15 is 0 Å². The minimum Gasteiger partial charge on any atom is -0.390 e. The van der Waals surface area contributed by atoms with Crippen LogP contribution in [0.3, 0.4) is 0 Å². The third kappa shape index (κ3) is 1.99. The molecule has 0 aromatic heterocycles. The predicted molar refractivity (Wildman–Crippen MR) is 49.1 cm³/mol. The number of hydrogen-bond acceptors (Lipinski definition) is 2. The zero-order valence-corrected chi connectivity index (χ0v) is 8.18. The van der Waals surface area contributed by atoms with E-state index in [0.29, 0.717) is 5.92 Å². The van der Waals surface area contributed by atoms with Gasteiger partial charge in [0.1, 0.15) is 0 Å². The summed E-state index contributed by atoms with van der Waals surface area (Å²) in [6.45, 7) is 5.77. The largest absolute Gasteiger partial charge is 0.390 e. The van der Waals surface area contributed by atoms with Gasteiger partial charge in [-0.15, -0.1) is 0 Å². The van der Waals surface area contributed by atoms with E-state index in [0.717, 1.165) is 38.9 Å². The molecule has 0 bridgehead atoms. The molecule has 1 aliphatic rings. The molecule has 0 aliphatic carbocycles. The Morgan fingerprint density at radius 1 is 1.50 bits per heavy atom. The molecule has 1 N–H and O–H groups in total. The molecule has 0 aromatic rings. The molecule has 1 aliphatic heterocycles. The lowest BCUT2D eigenvalue weighted by atomic mass is 9.81. The van der Waals surface area contributed by atoms with Crippen molar-refractivity contribution in [3.8, 4) is 0 Å². The third-order valence-electron chi connectivity index (χ3n) is 2.98. The first-order valence-corrected chi connectivity index (χ1v) is 5.03. The Morgan fingerprint density at radius 2 is 2.25 bits per heavy atom. The van der Waals surface area contributed by atoms with Crippen LogP contribution in [0.4, 0.5) is 0 Å². The van der Waals surface area contributed by atoms with E-state index in [2.05, 4.69) is 13.8 Å². The summed E-state index contributed by atoms with van der Waals surface area (Å²) in [6.07, 6.45) is 3.86. The first kappa shape index (κ1) is 10.0. The van der Waals surface area contributed by atoms with Crippen molar-refractivity contribution in [1.82, 2.24) is 0 Å². The topological polar surface area (TPSA) is 29.5 Å². The summed E-state index contributed by atoms with van der Waals surface area (Å²) in [7, 11) is 0. The standard InChI is InChI=1S/C10H20O2/c1-3-6-10(11,4-2)9-5-7-12-8-9/h9,11H,3-8H2,1-2H3. The Bertz CT molecular complexity index is 130. The van der Waals surface area contributed by atoms with Crippen LogP contribution >= 0.6 is 0 Å². The monoisotopic (exact) mass is 172 g/mol. The maximum atomic E-state index is 10.2. The van der Waals surface area contributed by atoms with Crippen molar-refractivity contribution >= 4 is 0 Å². The lowest BCUT2D eigenvalue weighted by Gasteiger charge is -2.31. The Hall–Kier alpha value is -0.0800. The van der Waals surface area contributed by atoms with E-state index in [1.807, 2.05) is 0 Å². The number of ether oxygens (including phenoxy) is 1. The molecule has 0 aromatic carbocycles. The second-order valence-corrected chi connectivity index (χ2v) is 3.77. The fourth-order valence-corrected chi connectivity index (χ4v) is 2.06. The van der Waals surface area contributed by atoms with Crippen molar-refractivity contribution < 1.29 is 9.84 Å². The first-order chi connectivity index (χ1) is 5.73. The average Bonchev–Trinajstić information content (AvgIpc) is 2.57. The maximum absolute atomic E-state index is 10.2. The van der Waals surface area contributed by atoms with Gasteiger partial charge in [0.25, 0.3) is 0 Å². The van der Waals surface area contributed by atoms with Crippen LogP contribution in [-0.4, -0.2) is 23.9 Å². The second-order valence-electron chi connectivity index (χ2n) is 3.77. The van der Waals surface area contributed by atoms with Gasteiger partial charge in [0.15, 0.2) is 0 Å². The highest BCUT2D eigenvalue weighted by Crippen LogP contribution is 2.32. The van der Waals surface area contributed by atoms with Crippen LogP contribution in [0.2, 0.25) is 0 Å². The fraction of sp³-hybridized carbons (Fsp3) is 1.00. The number of hydrogen-bond donors (Lipinski definition) is 1. The molecule has 2 atom stereocenters. The van der Waals surface area contributed by atoms with E-state index < -0.39 is 5.60 Å². The minimum absolute atomic E-state index is 0.377. The van der Waals surface area contributed by atoms with E-state index in [-0.39, 0.29) is 0 Å². The SMILES string of the molecule is CCCC(O)(CC)C1CCOC1. The van der Waals surface area contributed by atoms with Crippen molar-refractivity contribution in [2.24, 2.45) is 5.92 Å². The maximum Gasteiger partial charge on any atom is 0.0695 e. The molecule has 1 saturated heterocycles. The van der Waals surface area contributed by atoms with E-state index in [9.17, 15) is 5.11 Å². The van der Waals surface area contributed by atoms with Crippen LogP contribution < -0.4 is 0 Å². The summed E-state index contributed by atoms with van der Waals surface area (Å²) in [5.74, 6) is 0.377. The molecule has 1 fully saturated rings. The van der Waals surface area contributed by atoms with Gasteiger partial charge < -0.3 is 9.84 Å². The van der Waals surface area contributed by atoms with Gasteiger partial charge in [0.05, 0.1) is 12.2 Å².